The summed E-state index contributed by atoms with van der Waals surface area (Å²) >= 11 is 7.52. The van der Waals surface area contributed by atoms with E-state index in [0.717, 1.165) is 22.8 Å². The van der Waals surface area contributed by atoms with Gasteiger partial charge in [-0.3, -0.25) is 0 Å². The Morgan fingerprint density at radius 1 is 1.29 bits per heavy atom. The smallest absolute Gasteiger partial charge is 0.190 e. The van der Waals surface area contributed by atoms with Crippen molar-refractivity contribution in [3.63, 3.8) is 0 Å². The van der Waals surface area contributed by atoms with Crippen LogP contribution in [0.4, 0.5) is 5.82 Å². The number of halogens is 1. The van der Waals surface area contributed by atoms with Crippen LogP contribution in [0.3, 0.4) is 0 Å². The van der Waals surface area contributed by atoms with Crippen molar-refractivity contribution in [3.05, 3.63) is 11.2 Å². The molecule has 5 heteroatoms. The Balaban J connectivity index is 1.76. The van der Waals surface area contributed by atoms with Gasteiger partial charge >= 0.3 is 0 Å². The highest BCUT2D eigenvalue weighted by Crippen LogP contribution is 2.45. The second kappa shape index (κ2) is 4.65. The van der Waals surface area contributed by atoms with E-state index in [-0.39, 0.29) is 0 Å². The lowest BCUT2D eigenvalue weighted by Gasteiger charge is -2.18. The summed E-state index contributed by atoms with van der Waals surface area (Å²) in [6.07, 6.45) is 7.42. The molecule has 1 N–H and O–H groups in total. The standard InChI is InChI=1S/C12H16ClN3S/c1-17-12-14-9(13)6-10(16-12)15-11(7-2-3-7)8-4-5-8/h6-8,11H,2-5H2,1H3,(H,14,15,16). The maximum absolute atomic E-state index is 6.00. The van der Waals surface area contributed by atoms with Gasteiger partial charge in [-0.15, -0.1) is 0 Å². The third-order valence-corrected chi connectivity index (χ3v) is 4.17. The molecule has 2 aliphatic carbocycles. The molecule has 0 amide bonds. The Kier molecular flexibility index (Phi) is 3.17. The van der Waals surface area contributed by atoms with Crippen molar-refractivity contribution in [1.82, 2.24) is 9.97 Å². The molecule has 1 aromatic heterocycles. The molecule has 0 radical (unpaired) electrons. The van der Waals surface area contributed by atoms with Crippen molar-refractivity contribution >= 4 is 29.2 Å². The van der Waals surface area contributed by atoms with Gasteiger partial charge in [0.05, 0.1) is 0 Å². The molecule has 0 spiro atoms. The van der Waals surface area contributed by atoms with Crippen LogP contribution in [-0.2, 0) is 0 Å². The normalized spacial score (nSPS) is 19.7. The zero-order valence-electron chi connectivity index (χ0n) is 9.82. The summed E-state index contributed by atoms with van der Waals surface area (Å²) in [7, 11) is 0. The Bertz CT molecular complexity index is 406. The molecule has 0 saturated heterocycles. The fourth-order valence-electron chi connectivity index (χ4n) is 2.26. The molecule has 0 aromatic carbocycles. The number of nitrogens with one attached hydrogen (secondary N) is 1. The highest BCUT2D eigenvalue weighted by Gasteiger charge is 2.41. The molecule has 0 aliphatic heterocycles. The highest BCUT2D eigenvalue weighted by molar-refractivity contribution is 7.98. The molecule has 1 aromatic rings. The van der Waals surface area contributed by atoms with E-state index < -0.39 is 0 Å². The first-order chi connectivity index (χ1) is 8.26. The van der Waals surface area contributed by atoms with E-state index in [0.29, 0.717) is 11.2 Å². The minimum Gasteiger partial charge on any atom is -0.367 e. The van der Waals surface area contributed by atoms with Crippen LogP contribution in [-0.4, -0.2) is 22.3 Å². The maximum atomic E-state index is 6.00. The molecule has 0 unspecified atom stereocenters. The van der Waals surface area contributed by atoms with Crippen LogP contribution in [0, 0.1) is 11.8 Å². The Morgan fingerprint density at radius 2 is 1.94 bits per heavy atom. The number of anilines is 1. The number of hydrogen-bond donors (Lipinski definition) is 1. The monoisotopic (exact) mass is 269 g/mol. The van der Waals surface area contributed by atoms with E-state index in [1.165, 1.54) is 37.4 Å². The topological polar surface area (TPSA) is 37.8 Å². The zero-order chi connectivity index (χ0) is 11.8. The second-order valence-electron chi connectivity index (χ2n) is 4.91. The maximum Gasteiger partial charge on any atom is 0.190 e. The molecule has 2 saturated carbocycles. The summed E-state index contributed by atoms with van der Waals surface area (Å²) in [5, 5.41) is 4.84. The average molecular weight is 270 g/mol. The number of aromatic nitrogens is 2. The lowest BCUT2D eigenvalue weighted by molar-refractivity contribution is 0.564. The van der Waals surface area contributed by atoms with Crippen LogP contribution < -0.4 is 5.32 Å². The first-order valence-corrected chi connectivity index (χ1v) is 7.71. The van der Waals surface area contributed by atoms with E-state index in [9.17, 15) is 0 Å². The van der Waals surface area contributed by atoms with Gasteiger partial charge in [-0.2, -0.15) is 0 Å². The predicted octanol–water partition coefficient (Wildman–Crippen LogP) is 3.45. The van der Waals surface area contributed by atoms with Crippen molar-refractivity contribution in [2.24, 2.45) is 11.8 Å². The van der Waals surface area contributed by atoms with Crippen molar-refractivity contribution in [2.75, 3.05) is 11.6 Å². The predicted molar refractivity (Wildman–Crippen MR) is 71.7 cm³/mol. The third-order valence-electron chi connectivity index (χ3n) is 3.43. The Hall–Kier alpha value is -0.480. The molecule has 0 bridgehead atoms. The summed E-state index contributed by atoms with van der Waals surface area (Å²) in [6.45, 7) is 0. The van der Waals surface area contributed by atoms with E-state index in [2.05, 4.69) is 15.3 Å². The Morgan fingerprint density at radius 3 is 2.47 bits per heavy atom. The molecule has 3 nitrogen and oxygen atoms in total. The van der Waals surface area contributed by atoms with E-state index in [1.54, 1.807) is 0 Å². The Labute approximate surface area is 111 Å². The SMILES string of the molecule is CSc1nc(Cl)cc(NC(C2CC2)C2CC2)n1. The van der Waals surface area contributed by atoms with Gasteiger partial charge in [-0.25, -0.2) is 9.97 Å². The second-order valence-corrected chi connectivity index (χ2v) is 6.07. The van der Waals surface area contributed by atoms with Crippen LogP contribution >= 0.6 is 23.4 Å². The lowest BCUT2D eigenvalue weighted by Crippen LogP contribution is -2.24. The molecule has 3 rings (SSSR count). The van der Waals surface area contributed by atoms with Gasteiger partial charge in [0.25, 0.3) is 0 Å². The molecule has 17 heavy (non-hydrogen) atoms. The fraction of sp³-hybridized carbons (Fsp3) is 0.667. The highest BCUT2D eigenvalue weighted by atomic mass is 35.5. The van der Waals surface area contributed by atoms with Gasteiger partial charge in [-0.05, 0) is 43.8 Å². The molecule has 2 aliphatic rings. The molecular weight excluding hydrogens is 254 g/mol. The molecule has 1 heterocycles. The summed E-state index contributed by atoms with van der Waals surface area (Å²) in [4.78, 5) is 8.63. The number of nitrogens with zero attached hydrogens (tertiary/aromatic N) is 2. The summed E-state index contributed by atoms with van der Waals surface area (Å²) in [5.74, 6) is 2.60. The van der Waals surface area contributed by atoms with Crippen LogP contribution in [0.1, 0.15) is 25.7 Å². The van der Waals surface area contributed by atoms with Gasteiger partial charge in [0.1, 0.15) is 11.0 Å². The van der Waals surface area contributed by atoms with Crippen molar-refractivity contribution in [3.8, 4) is 0 Å². The largest absolute Gasteiger partial charge is 0.367 e. The lowest BCUT2D eigenvalue weighted by atomic mass is 10.1. The summed E-state index contributed by atoms with van der Waals surface area (Å²) in [5.41, 5.74) is 0. The first kappa shape index (κ1) is 11.6. The number of thioether (sulfide) groups is 1. The molecule has 0 atom stereocenters. The van der Waals surface area contributed by atoms with Crippen LogP contribution in [0.25, 0.3) is 0 Å². The molecule has 92 valence electrons. The third kappa shape index (κ3) is 2.86. The fourth-order valence-corrected chi connectivity index (χ4v) is 2.88. The van der Waals surface area contributed by atoms with Crippen LogP contribution in [0.15, 0.2) is 11.2 Å². The van der Waals surface area contributed by atoms with Gasteiger partial charge in [0.15, 0.2) is 5.16 Å². The minimum atomic E-state index is 0.525. The number of rotatable bonds is 5. The van der Waals surface area contributed by atoms with E-state index in [1.807, 2.05) is 12.3 Å². The average Bonchev–Trinajstić information content (AvgIpc) is 3.16. The summed E-state index contributed by atoms with van der Waals surface area (Å²) in [6, 6.07) is 2.44. The van der Waals surface area contributed by atoms with Crippen molar-refractivity contribution in [2.45, 2.75) is 36.9 Å². The van der Waals surface area contributed by atoms with Crippen molar-refractivity contribution in [1.29, 1.82) is 0 Å². The quantitative estimate of drug-likeness (QED) is 0.505. The molecular formula is C12H16ClN3S. The van der Waals surface area contributed by atoms with E-state index >= 15 is 0 Å². The van der Waals surface area contributed by atoms with Gasteiger partial charge in [0.2, 0.25) is 0 Å². The van der Waals surface area contributed by atoms with E-state index in [4.69, 9.17) is 11.6 Å². The van der Waals surface area contributed by atoms with Gasteiger partial charge in [-0.1, -0.05) is 23.4 Å². The first-order valence-electron chi connectivity index (χ1n) is 6.11. The molecule has 2 fully saturated rings. The zero-order valence-corrected chi connectivity index (χ0v) is 11.4. The van der Waals surface area contributed by atoms with Crippen LogP contribution in [0.5, 0.6) is 0 Å². The number of hydrogen-bond acceptors (Lipinski definition) is 4. The van der Waals surface area contributed by atoms with Gasteiger partial charge in [0, 0.05) is 12.1 Å². The minimum absolute atomic E-state index is 0.525. The van der Waals surface area contributed by atoms with Crippen molar-refractivity contribution < 1.29 is 0 Å². The summed E-state index contributed by atoms with van der Waals surface area (Å²) < 4.78 is 0. The van der Waals surface area contributed by atoms with Crippen LogP contribution in [0.2, 0.25) is 5.15 Å². The van der Waals surface area contributed by atoms with Gasteiger partial charge < -0.3 is 5.32 Å².